The summed E-state index contributed by atoms with van der Waals surface area (Å²) in [5, 5.41) is 3.80. The van der Waals surface area contributed by atoms with Crippen molar-refractivity contribution in [3.63, 3.8) is 0 Å². The molecule has 1 atom stereocenters. The molecule has 0 aliphatic rings. The summed E-state index contributed by atoms with van der Waals surface area (Å²) in [5.74, 6) is 0.530. The number of methoxy groups -OCH3 is 1. The molecule has 0 bridgehead atoms. The molecule has 0 radical (unpaired) electrons. The molecule has 1 aromatic rings. The van der Waals surface area contributed by atoms with E-state index in [1.54, 1.807) is 7.11 Å². The van der Waals surface area contributed by atoms with Crippen molar-refractivity contribution in [3.8, 4) is 0 Å². The number of rotatable bonds is 17. The Bertz CT molecular complexity index is 474. The van der Waals surface area contributed by atoms with Gasteiger partial charge in [-0.2, -0.15) is 0 Å². The van der Waals surface area contributed by atoms with Gasteiger partial charge in [0.2, 0.25) is 0 Å². The van der Waals surface area contributed by atoms with Gasteiger partial charge >= 0.3 is 8.56 Å². The summed E-state index contributed by atoms with van der Waals surface area (Å²) in [4.78, 5) is 0. The number of unbranched alkanes of at least 4 members (excludes halogenated alkanes) is 2. The molecular weight excluding hydrogens is 366 g/mol. The first-order valence-corrected chi connectivity index (χ1v) is 13.2. The zero-order valence-corrected chi connectivity index (χ0v) is 19.8. The normalized spacial score (nSPS) is 13.2. The van der Waals surface area contributed by atoms with E-state index < -0.39 is 8.56 Å². The highest BCUT2D eigenvalue weighted by atomic mass is 28.4. The molecule has 5 heteroatoms. The van der Waals surface area contributed by atoms with Crippen molar-refractivity contribution in [2.75, 3.05) is 33.5 Å². The molecule has 0 fully saturated rings. The molecule has 0 saturated heterocycles. The minimum atomic E-state index is -2.52. The molecule has 28 heavy (non-hydrogen) atoms. The average molecular weight is 410 g/mol. The van der Waals surface area contributed by atoms with Gasteiger partial charge in [-0.05, 0) is 43.3 Å². The monoisotopic (exact) mass is 409 g/mol. The molecule has 0 saturated carbocycles. The second kappa shape index (κ2) is 15.2. The molecule has 0 spiro atoms. The number of hydrogen-bond acceptors (Lipinski definition) is 4. The van der Waals surface area contributed by atoms with Gasteiger partial charge in [-0.1, -0.05) is 70.9 Å². The van der Waals surface area contributed by atoms with Gasteiger partial charge in [0.15, 0.2) is 0 Å². The average Bonchev–Trinajstić information content (AvgIpc) is 2.68. The highest BCUT2D eigenvalue weighted by Crippen LogP contribution is 2.33. The number of nitrogens with one attached hydrogen (secondary N) is 1. The van der Waals surface area contributed by atoms with Gasteiger partial charge in [-0.3, -0.25) is 0 Å². The summed E-state index contributed by atoms with van der Waals surface area (Å²) in [7, 11) is -0.757. The largest absolute Gasteiger partial charge is 0.393 e. The van der Waals surface area contributed by atoms with Crippen molar-refractivity contribution < 1.29 is 13.6 Å². The van der Waals surface area contributed by atoms with Crippen molar-refractivity contribution in [1.82, 2.24) is 5.32 Å². The van der Waals surface area contributed by atoms with E-state index in [0.29, 0.717) is 5.92 Å². The van der Waals surface area contributed by atoms with Crippen LogP contribution in [-0.2, 0) is 13.6 Å². The highest BCUT2D eigenvalue weighted by Gasteiger charge is 2.47. The molecule has 0 aliphatic heterocycles. The van der Waals surface area contributed by atoms with Crippen LogP contribution in [0.15, 0.2) is 30.3 Å². The molecule has 1 aromatic carbocycles. The minimum Gasteiger partial charge on any atom is -0.393 e. The summed E-state index contributed by atoms with van der Waals surface area (Å²) in [5.41, 5.74) is 1.40. The van der Waals surface area contributed by atoms with Crippen molar-refractivity contribution in [2.24, 2.45) is 5.92 Å². The van der Waals surface area contributed by atoms with Gasteiger partial charge in [-0.25, -0.2) is 0 Å². The van der Waals surface area contributed by atoms with Crippen LogP contribution in [0.25, 0.3) is 0 Å². The van der Waals surface area contributed by atoms with Gasteiger partial charge in [-0.15, -0.1) is 0 Å². The Balaban J connectivity index is 3.17. The summed E-state index contributed by atoms with van der Waals surface area (Å²) in [6.45, 7) is 12.2. The second-order valence-corrected chi connectivity index (χ2v) is 11.1. The summed E-state index contributed by atoms with van der Waals surface area (Å²) >= 11 is 0. The molecular formula is C23H43NO3Si. The van der Waals surface area contributed by atoms with E-state index in [2.05, 4.69) is 63.3 Å². The lowest BCUT2D eigenvalue weighted by atomic mass is 10.2. The van der Waals surface area contributed by atoms with Gasteiger partial charge in [0, 0.05) is 26.9 Å². The van der Waals surface area contributed by atoms with E-state index in [1.807, 2.05) is 0 Å². The van der Waals surface area contributed by atoms with Crippen molar-refractivity contribution in [2.45, 2.75) is 71.5 Å². The Kier molecular flexibility index (Phi) is 13.7. The first kappa shape index (κ1) is 25.3. The van der Waals surface area contributed by atoms with Crippen LogP contribution < -0.4 is 5.32 Å². The minimum absolute atomic E-state index is 0.127. The van der Waals surface area contributed by atoms with Crippen LogP contribution in [-0.4, -0.2) is 42.0 Å². The summed E-state index contributed by atoms with van der Waals surface area (Å²) < 4.78 is 18.7. The van der Waals surface area contributed by atoms with Crippen LogP contribution >= 0.6 is 0 Å². The molecule has 4 nitrogen and oxygen atoms in total. The van der Waals surface area contributed by atoms with E-state index >= 15 is 0 Å². The summed E-state index contributed by atoms with van der Waals surface area (Å²) in [6, 6.07) is 11.7. The fourth-order valence-electron chi connectivity index (χ4n) is 3.43. The SMILES string of the molecule is CCCCO[Si](CC(C)C)(OCCCC)C(NCCCOC)c1ccccc1. The third-order valence-electron chi connectivity index (χ3n) is 4.83. The van der Waals surface area contributed by atoms with Gasteiger partial charge in [0.1, 0.15) is 0 Å². The Labute approximate surface area is 174 Å². The first-order chi connectivity index (χ1) is 13.6. The zero-order chi connectivity index (χ0) is 20.7. The van der Waals surface area contributed by atoms with Crippen LogP contribution in [0, 0.1) is 5.92 Å². The van der Waals surface area contributed by atoms with E-state index in [-0.39, 0.29) is 5.67 Å². The van der Waals surface area contributed by atoms with Crippen LogP contribution in [0.4, 0.5) is 0 Å². The van der Waals surface area contributed by atoms with Crippen LogP contribution in [0.5, 0.6) is 0 Å². The Hall–Kier alpha value is -0.723. The number of benzene rings is 1. The van der Waals surface area contributed by atoms with Crippen LogP contribution in [0.2, 0.25) is 6.04 Å². The van der Waals surface area contributed by atoms with E-state index in [9.17, 15) is 0 Å². The molecule has 0 aliphatic carbocycles. The Morgan fingerprint density at radius 3 is 2.00 bits per heavy atom. The van der Waals surface area contributed by atoms with E-state index in [4.69, 9.17) is 13.6 Å². The van der Waals surface area contributed by atoms with E-state index in [1.165, 1.54) is 5.56 Å². The van der Waals surface area contributed by atoms with E-state index in [0.717, 1.165) is 64.5 Å². The Morgan fingerprint density at radius 1 is 0.893 bits per heavy atom. The maximum absolute atomic E-state index is 6.72. The molecule has 0 aromatic heterocycles. The molecule has 0 heterocycles. The van der Waals surface area contributed by atoms with Crippen LogP contribution in [0.1, 0.15) is 71.0 Å². The second-order valence-electron chi connectivity index (χ2n) is 7.96. The first-order valence-electron chi connectivity index (χ1n) is 11.1. The number of hydrogen-bond donors (Lipinski definition) is 1. The van der Waals surface area contributed by atoms with Crippen LogP contribution in [0.3, 0.4) is 0 Å². The lowest BCUT2D eigenvalue weighted by Gasteiger charge is -2.39. The molecule has 1 rings (SSSR count). The smallest absolute Gasteiger partial charge is 0.360 e. The third-order valence-corrected chi connectivity index (χ3v) is 9.02. The highest BCUT2D eigenvalue weighted by molar-refractivity contribution is 6.69. The molecule has 1 N–H and O–H groups in total. The lowest BCUT2D eigenvalue weighted by Crippen LogP contribution is -2.55. The molecule has 162 valence electrons. The zero-order valence-electron chi connectivity index (χ0n) is 18.8. The number of ether oxygens (including phenoxy) is 1. The van der Waals surface area contributed by atoms with Crippen molar-refractivity contribution in [3.05, 3.63) is 35.9 Å². The maximum atomic E-state index is 6.72. The van der Waals surface area contributed by atoms with Crippen molar-refractivity contribution >= 4 is 8.56 Å². The summed E-state index contributed by atoms with van der Waals surface area (Å²) in [6.07, 6.45) is 5.41. The fourth-order valence-corrected chi connectivity index (χ4v) is 7.59. The lowest BCUT2D eigenvalue weighted by molar-refractivity contribution is 0.144. The maximum Gasteiger partial charge on any atom is 0.360 e. The quantitative estimate of drug-likeness (QED) is 0.267. The predicted octanol–water partition coefficient (Wildman–Crippen LogP) is 5.62. The molecule has 0 amide bonds. The predicted molar refractivity (Wildman–Crippen MR) is 121 cm³/mol. The Morgan fingerprint density at radius 2 is 1.50 bits per heavy atom. The standard InChI is InChI=1S/C23H43NO3Si/c1-6-8-18-26-28(20-21(3)4,27-19-9-7-2)23(24-16-13-17-25-5)22-14-11-10-12-15-22/h10-12,14-15,21,23-24H,6-9,13,16-20H2,1-5H3. The van der Waals surface area contributed by atoms with Gasteiger partial charge in [0.05, 0.1) is 5.67 Å². The fraction of sp³-hybridized carbons (Fsp3) is 0.739. The van der Waals surface area contributed by atoms with Gasteiger partial charge < -0.3 is 18.9 Å². The molecule has 1 unspecified atom stereocenters. The van der Waals surface area contributed by atoms with Gasteiger partial charge in [0.25, 0.3) is 0 Å². The van der Waals surface area contributed by atoms with Crippen molar-refractivity contribution in [1.29, 1.82) is 0 Å². The topological polar surface area (TPSA) is 39.7 Å². The third kappa shape index (κ3) is 9.18.